The third kappa shape index (κ3) is 4.28. The van der Waals surface area contributed by atoms with Crippen LogP contribution in [0.25, 0.3) is 0 Å². The standard InChI is InChI=1S/C21H19N5O/c1-13-9-14(2)20(15(3)10-13)24-19-8-7-18(25-26-19)21(27)23-17-6-4-5-16(11-17)12-22/h4-11H,1-3H3,(H,23,27)(H,24,26). The summed E-state index contributed by atoms with van der Waals surface area (Å²) in [5.41, 5.74) is 5.63. The summed E-state index contributed by atoms with van der Waals surface area (Å²) in [6.45, 7) is 6.13. The largest absolute Gasteiger partial charge is 0.338 e. The lowest BCUT2D eigenvalue weighted by atomic mass is 10.1. The Morgan fingerprint density at radius 1 is 1.00 bits per heavy atom. The minimum absolute atomic E-state index is 0.195. The Kier molecular flexibility index (Phi) is 5.13. The van der Waals surface area contributed by atoms with E-state index in [9.17, 15) is 4.79 Å². The molecule has 0 aliphatic heterocycles. The van der Waals surface area contributed by atoms with Gasteiger partial charge in [-0.3, -0.25) is 4.79 Å². The molecule has 0 radical (unpaired) electrons. The van der Waals surface area contributed by atoms with Crippen LogP contribution in [0.4, 0.5) is 17.2 Å². The van der Waals surface area contributed by atoms with Crippen LogP contribution in [0.3, 0.4) is 0 Å². The summed E-state index contributed by atoms with van der Waals surface area (Å²) in [6.07, 6.45) is 0. The molecule has 1 heterocycles. The van der Waals surface area contributed by atoms with Crippen LogP contribution in [-0.2, 0) is 0 Å². The van der Waals surface area contributed by atoms with Crippen LogP contribution in [0.15, 0.2) is 48.5 Å². The molecule has 0 spiro atoms. The summed E-state index contributed by atoms with van der Waals surface area (Å²) < 4.78 is 0. The Hall–Kier alpha value is -3.72. The van der Waals surface area contributed by atoms with E-state index in [4.69, 9.17) is 5.26 Å². The molecule has 0 atom stereocenters. The molecule has 3 rings (SSSR count). The Morgan fingerprint density at radius 3 is 2.37 bits per heavy atom. The van der Waals surface area contributed by atoms with Gasteiger partial charge in [-0.05, 0) is 62.2 Å². The molecule has 27 heavy (non-hydrogen) atoms. The maximum atomic E-state index is 12.3. The topological polar surface area (TPSA) is 90.7 Å². The molecule has 2 aromatic carbocycles. The third-order valence-electron chi connectivity index (χ3n) is 4.08. The number of nitrogens with one attached hydrogen (secondary N) is 2. The summed E-state index contributed by atoms with van der Waals surface area (Å²) in [4.78, 5) is 12.3. The fourth-order valence-corrected chi connectivity index (χ4v) is 2.89. The summed E-state index contributed by atoms with van der Waals surface area (Å²) in [5, 5.41) is 23.0. The number of rotatable bonds is 4. The van der Waals surface area contributed by atoms with Crippen molar-refractivity contribution in [2.45, 2.75) is 20.8 Å². The number of aryl methyl sites for hydroxylation is 3. The lowest BCUT2D eigenvalue weighted by molar-refractivity contribution is 0.102. The fourth-order valence-electron chi connectivity index (χ4n) is 2.89. The summed E-state index contributed by atoms with van der Waals surface area (Å²) in [6, 6.07) is 16.2. The van der Waals surface area contributed by atoms with Gasteiger partial charge in [-0.25, -0.2) is 0 Å². The van der Waals surface area contributed by atoms with Gasteiger partial charge in [-0.1, -0.05) is 23.8 Å². The molecule has 0 bridgehead atoms. The maximum absolute atomic E-state index is 12.3. The van der Waals surface area contributed by atoms with Crippen molar-refractivity contribution in [2.75, 3.05) is 10.6 Å². The van der Waals surface area contributed by atoms with Crippen LogP contribution < -0.4 is 10.6 Å². The normalized spacial score (nSPS) is 10.1. The first-order valence-corrected chi connectivity index (χ1v) is 8.46. The maximum Gasteiger partial charge on any atom is 0.276 e. The van der Waals surface area contributed by atoms with E-state index in [-0.39, 0.29) is 11.6 Å². The number of benzene rings is 2. The highest BCUT2D eigenvalue weighted by atomic mass is 16.1. The number of carbonyl (C=O) groups is 1. The lowest BCUT2D eigenvalue weighted by Gasteiger charge is -2.13. The fraction of sp³-hybridized carbons (Fsp3) is 0.143. The van der Waals surface area contributed by atoms with Gasteiger partial charge in [0.25, 0.3) is 5.91 Å². The zero-order chi connectivity index (χ0) is 19.4. The van der Waals surface area contributed by atoms with Crippen molar-refractivity contribution in [1.82, 2.24) is 10.2 Å². The zero-order valence-electron chi connectivity index (χ0n) is 15.4. The average Bonchev–Trinajstić information content (AvgIpc) is 2.65. The van der Waals surface area contributed by atoms with E-state index in [0.717, 1.165) is 16.8 Å². The van der Waals surface area contributed by atoms with Crippen LogP contribution in [0, 0.1) is 32.1 Å². The number of hydrogen-bond donors (Lipinski definition) is 2. The van der Waals surface area contributed by atoms with Gasteiger partial charge in [0.15, 0.2) is 11.5 Å². The molecule has 3 aromatic rings. The Morgan fingerprint density at radius 2 is 1.74 bits per heavy atom. The number of nitriles is 1. The molecule has 1 amide bonds. The van der Waals surface area contributed by atoms with Crippen LogP contribution in [-0.4, -0.2) is 16.1 Å². The minimum Gasteiger partial charge on any atom is -0.338 e. The van der Waals surface area contributed by atoms with Gasteiger partial charge in [0.2, 0.25) is 0 Å². The van der Waals surface area contributed by atoms with Crippen molar-refractivity contribution < 1.29 is 4.79 Å². The van der Waals surface area contributed by atoms with Gasteiger partial charge in [0.1, 0.15) is 0 Å². The Labute approximate surface area is 157 Å². The van der Waals surface area contributed by atoms with E-state index in [1.807, 2.05) is 19.9 Å². The van der Waals surface area contributed by atoms with Gasteiger partial charge < -0.3 is 10.6 Å². The molecule has 0 unspecified atom stereocenters. The van der Waals surface area contributed by atoms with E-state index in [0.29, 0.717) is 17.1 Å². The molecule has 0 saturated heterocycles. The molecule has 2 N–H and O–H groups in total. The second kappa shape index (κ2) is 7.67. The predicted octanol–water partition coefficient (Wildman–Crippen LogP) is 4.27. The van der Waals surface area contributed by atoms with Gasteiger partial charge in [-0.15, -0.1) is 10.2 Å². The summed E-state index contributed by atoms with van der Waals surface area (Å²) in [7, 11) is 0. The number of aromatic nitrogens is 2. The van der Waals surface area contributed by atoms with Crippen molar-refractivity contribution in [3.8, 4) is 6.07 Å². The second-order valence-corrected chi connectivity index (χ2v) is 6.35. The molecular weight excluding hydrogens is 338 g/mol. The first-order chi connectivity index (χ1) is 13.0. The van der Waals surface area contributed by atoms with Crippen molar-refractivity contribution in [3.63, 3.8) is 0 Å². The van der Waals surface area contributed by atoms with Crippen LogP contribution in [0.5, 0.6) is 0 Å². The van der Waals surface area contributed by atoms with E-state index in [1.54, 1.807) is 36.4 Å². The highest BCUT2D eigenvalue weighted by Gasteiger charge is 2.10. The van der Waals surface area contributed by atoms with Gasteiger partial charge in [0.05, 0.1) is 11.6 Å². The lowest BCUT2D eigenvalue weighted by Crippen LogP contribution is -2.14. The monoisotopic (exact) mass is 357 g/mol. The predicted molar refractivity (Wildman–Crippen MR) is 105 cm³/mol. The van der Waals surface area contributed by atoms with Gasteiger partial charge >= 0.3 is 0 Å². The van der Waals surface area contributed by atoms with Crippen molar-refractivity contribution >= 4 is 23.1 Å². The quantitative estimate of drug-likeness (QED) is 0.728. The number of anilines is 3. The average molecular weight is 357 g/mol. The van der Waals surface area contributed by atoms with E-state index >= 15 is 0 Å². The number of carbonyl (C=O) groups excluding carboxylic acids is 1. The molecule has 134 valence electrons. The highest BCUT2D eigenvalue weighted by molar-refractivity contribution is 6.02. The molecule has 0 aliphatic carbocycles. The molecule has 0 fully saturated rings. The Bertz CT molecular complexity index is 1010. The van der Waals surface area contributed by atoms with Gasteiger partial charge in [-0.2, -0.15) is 5.26 Å². The second-order valence-electron chi connectivity index (χ2n) is 6.35. The molecule has 6 heteroatoms. The van der Waals surface area contributed by atoms with Crippen LogP contribution in [0.1, 0.15) is 32.7 Å². The highest BCUT2D eigenvalue weighted by Crippen LogP contribution is 2.24. The smallest absolute Gasteiger partial charge is 0.276 e. The molecule has 0 aliphatic rings. The molecular formula is C21H19N5O. The first-order valence-electron chi connectivity index (χ1n) is 8.46. The zero-order valence-corrected chi connectivity index (χ0v) is 15.4. The van der Waals surface area contributed by atoms with Crippen molar-refractivity contribution in [2.24, 2.45) is 0 Å². The SMILES string of the molecule is Cc1cc(C)c(Nc2ccc(C(=O)Nc3cccc(C#N)c3)nn2)c(C)c1. The van der Waals surface area contributed by atoms with Crippen molar-refractivity contribution in [3.05, 3.63) is 76.5 Å². The summed E-state index contributed by atoms with van der Waals surface area (Å²) in [5.74, 6) is 0.180. The molecule has 0 saturated carbocycles. The van der Waals surface area contributed by atoms with E-state index < -0.39 is 0 Å². The number of nitrogens with zero attached hydrogens (tertiary/aromatic N) is 3. The number of amides is 1. The third-order valence-corrected chi connectivity index (χ3v) is 4.08. The summed E-state index contributed by atoms with van der Waals surface area (Å²) >= 11 is 0. The van der Waals surface area contributed by atoms with Crippen molar-refractivity contribution in [1.29, 1.82) is 5.26 Å². The van der Waals surface area contributed by atoms with Gasteiger partial charge in [0, 0.05) is 11.4 Å². The van der Waals surface area contributed by atoms with Crippen LogP contribution >= 0.6 is 0 Å². The van der Waals surface area contributed by atoms with E-state index in [2.05, 4.69) is 39.9 Å². The molecule has 1 aromatic heterocycles. The molecule has 6 nitrogen and oxygen atoms in total. The Balaban J connectivity index is 1.73. The first kappa shape index (κ1) is 18.1. The minimum atomic E-state index is -0.383. The number of hydrogen-bond acceptors (Lipinski definition) is 5. The van der Waals surface area contributed by atoms with E-state index in [1.165, 1.54) is 5.56 Å². The van der Waals surface area contributed by atoms with Crippen LogP contribution in [0.2, 0.25) is 0 Å².